The summed E-state index contributed by atoms with van der Waals surface area (Å²) < 4.78 is 51.1. The number of hydrogen-bond acceptors (Lipinski definition) is 5. The van der Waals surface area contributed by atoms with Gasteiger partial charge in [-0.05, 0) is 60.7 Å². The molecule has 0 spiro atoms. The minimum absolute atomic E-state index is 0.0119. The topological polar surface area (TPSA) is 93.7 Å². The SMILES string of the molecule is COc1ccc(NS(=O)(=O)c2ccc(OCC(=O)Nc3ccc(F)c(Cl)c3)cc2)cc1Cl. The number of rotatable bonds is 8. The Morgan fingerprint density at radius 1 is 0.969 bits per heavy atom. The number of anilines is 2. The summed E-state index contributed by atoms with van der Waals surface area (Å²) in [4.78, 5) is 12.0. The average molecular weight is 499 g/mol. The van der Waals surface area contributed by atoms with E-state index in [1.807, 2.05) is 0 Å². The third-order valence-corrected chi connectivity index (χ3v) is 6.09. The second-order valence-electron chi connectivity index (χ2n) is 6.39. The summed E-state index contributed by atoms with van der Waals surface area (Å²) in [5.74, 6) is -0.394. The fraction of sp³-hybridized carbons (Fsp3) is 0.0952. The van der Waals surface area contributed by atoms with Crippen molar-refractivity contribution in [2.75, 3.05) is 23.8 Å². The maximum atomic E-state index is 13.2. The highest BCUT2D eigenvalue weighted by atomic mass is 35.5. The Hall–Kier alpha value is -3.01. The summed E-state index contributed by atoms with van der Waals surface area (Å²) in [5, 5.41) is 2.66. The van der Waals surface area contributed by atoms with E-state index in [2.05, 4.69) is 10.0 Å². The van der Waals surface area contributed by atoms with Crippen LogP contribution in [0.3, 0.4) is 0 Å². The molecule has 0 aromatic heterocycles. The number of carbonyl (C=O) groups is 1. The standard InChI is InChI=1S/C21H17Cl2FN2O5S/c1-30-20-9-3-14(11-18(20)23)26-32(28,29)16-6-4-15(5-7-16)31-12-21(27)25-13-2-8-19(24)17(22)10-13/h2-11,26H,12H2,1H3,(H,25,27). The molecule has 0 atom stereocenters. The van der Waals surface area contributed by atoms with E-state index in [0.29, 0.717) is 11.4 Å². The quantitative estimate of drug-likeness (QED) is 0.457. The van der Waals surface area contributed by atoms with Crippen molar-refractivity contribution in [3.05, 3.63) is 76.5 Å². The zero-order valence-corrected chi connectivity index (χ0v) is 18.9. The molecule has 168 valence electrons. The highest BCUT2D eigenvalue weighted by Gasteiger charge is 2.15. The van der Waals surface area contributed by atoms with Crippen molar-refractivity contribution in [1.29, 1.82) is 0 Å². The molecule has 0 unspecified atom stereocenters. The van der Waals surface area contributed by atoms with E-state index < -0.39 is 21.7 Å². The molecule has 3 aromatic rings. The van der Waals surface area contributed by atoms with Gasteiger partial charge in [0.15, 0.2) is 6.61 Å². The van der Waals surface area contributed by atoms with E-state index in [1.165, 1.54) is 55.6 Å². The van der Waals surface area contributed by atoms with Crippen LogP contribution in [0.2, 0.25) is 10.0 Å². The Labute approximate surface area is 194 Å². The van der Waals surface area contributed by atoms with Gasteiger partial charge in [0.05, 0.1) is 27.7 Å². The van der Waals surface area contributed by atoms with Gasteiger partial charge >= 0.3 is 0 Å². The zero-order valence-electron chi connectivity index (χ0n) is 16.6. The second kappa shape index (κ2) is 10.1. The first-order valence-corrected chi connectivity index (χ1v) is 11.3. The normalized spacial score (nSPS) is 11.0. The van der Waals surface area contributed by atoms with Crippen molar-refractivity contribution in [2.45, 2.75) is 4.90 Å². The van der Waals surface area contributed by atoms with Crippen LogP contribution in [0, 0.1) is 5.82 Å². The first-order valence-electron chi connectivity index (χ1n) is 9.02. The Balaban J connectivity index is 1.59. The van der Waals surface area contributed by atoms with Gasteiger partial charge < -0.3 is 14.8 Å². The van der Waals surface area contributed by atoms with Crippen LogP contribution in [0.25, 0.3) is 0 Å². The van der Waals surface area contributed by atoms with E-state index in [0.717, 1.165) is 6.07 Å². The number of halogens is 3. The van der Waals surface area contributed by atoms with Crippen LogP contribution >= 0.6 is 23.2 Å². The first-order chi connectivity index (χ1) is 15.2. The van der Waals surface area contributed by atoms with Crippen molar-refractivity contribution in [2.24, 2.45) is 0 Å². The van der Waals surface area contributed by atoms with Gasteiger partial charge in [-0.15, -0.1) is 0 Å². The van der Waals surface area contributed by atoms with Crippen LogP contribution in [0.1, 0.15) is 0 Å². The number of carbonyl (C=O) groups excluding carboxylic acids is 1. The van der Waals surface area contributed by atoms with Crippen LogP contribution in [0.4, 0.5) is 15.8 Å². The Bertz CT molecular complexity index is 1240. The number of hydrogen-bond donors (Lipinski definition) is 2. The maximum absolute atomic E-state index is 13.2. The third-order valence-electron chi connectivity index (χ3n) is 4.11. The van der Waals surface area contributed by atoms with Gasteiger partial charge in [-0.3, -0.25) is 9.52 Å². The van der Waals surface area contributed by atoms with E-state index in [-0.39, 0.29) is 33.0 Å². The van der Waals surface area contributed by atoms with Crippen LogP contribution < -0.4 is 19.5 Å². The lowest BCUT2D eigenvalue weighted by Crippen LogP contribution is -2.20. The molecule has 0 heterocycles. The first kappa shape index (κ1) is 23.6. The summed E-state index contributed by atoms with van der Waals surface area (Å²) in [6.45, 7) is -0.344. The Morgan fingerprint density at radius 3 is 2.25 bits per heavy atom. The summed E-state index contributed by atoms with van der Waals surface area (Å²) in [7, 11) is -2.42. The largest absolute Gasteiger partial charge is 0.495 e. The number of methoxy groups -OCH3 is 1. The Kier molecular flexibility index (Phi) is 7.44. The highest BCUT2D eigenvalue weighted by molar-refractivity contribution is 7.92. The fourth-order valence-corrected chi connectivity index (χ4v) is 4.07. The van der Waals surface area contributed by atoms with Crippen LogP contribution in [-0.2, 0) is 14.8 Å². The fourth-order valence-electron chi connectivity index (χ4n) is 2.58. The van der Waals surface area contributed by atoms with Crippen LogP contribution in [-0.4, -0.2) is 28.0 Å². The van der Waals surface area contributed by atoms with Gasteiger partial charge in [0.25, 0.3) is 15.9 Å². The molecule has 0 saturated carbocycles. The lowest BCUT2D eigenvalue weighted by molar-refractivity contribution is -0.118. The third kappa shape index (κ3) is 6.03. The average Bonchev–Trinajstić information content (AvgIpc) is 2.75. The van der Waals surface area contributed by atoms with E-state index in [9.17, 15) is 17.6 Å². The Morgan fingerprint density at radius 2 is 1.62 bits per heavy atom. The van der Waals surface area contributed by atoms with Gasteiger partial charge in [-0.2, -0.15) is 0 Å². The molecule has 0 radical (unpaired) electrons. The maximum Gasteiger partial charge on any atom is 0.262 e. The molecular formula is C21H17Cl2FN2O5S. The summed E-state index contributed by atoms with van der Waals surface area (Å²) in [5.41, 5.74) is 0.588. The minimum atomic E-state index is -3.87. The number of sulfonamides is 1. The molecule has 32 heavy (non-hydrogen) atoms. The summed E-state index contributed by atoms with van der Waals surface area (Å²) >= 11 is 11.7. The predicted molar refractivity (Wildman–Crippen MR) is 121 cm³/mol. The number of nitrogens with one attached hydrogen (secondary N) is 2. The van der Waals surface area contributed by atoms with Crippen molar-refractivity contribution >= 4 is 50.5 Å². The molecule has 3 aromatic carbocycles. The molecule has 11 heteroatoms. The number of benzene rings is 3. The molecule has 2 N–H and O–H groups in total. The molecule has 0 fully saturated rings. The second-order valence-corrected chi connectivity index (χ2v) is 8.89. The van der Waals surface area contributed by atoms with Gasteiger partial charge in [-0.1, -0.05) is 23.2 Å². The number of amides is 1. The van der Waals surface area contributed by atoms with Gasteiger partial charge in [0.1, 0.15) is 17.3 Å². The molecule has 0 aliphatic heterocycles. The van der Waals surface area contributed by atoms with Crippen molar-refractivity contribution in [3.63, 3.8) is 0 Å². The molecule has 0 saturated heterocycles. The lowest BCUT2D eigenvalue weighted by atomic mass is 10.3. The molecular weight excluding hydrogens is 482 g/mol. The lowest BCUT2D eigenvalue weighted by Gasteiger charge is -2.11. The van der Waals surface area contributed by atoms with Crippen LogP contribution in [0.5, 0.6) is 11.5 Å². The molecule has 0 aliphatic carbocycles. The number of ether oxygens (including phenoxy) is 2. The molecule has 3 rings (SSSR count). The molecule has 1 amide bonds. The predicted octanol–water partition coefficient (Wildman–Crippen LogP) is 4.96. The smallest absolute Gasteiger partial charge is 0.262 e. The van der Waals surface area contributed by atoms with Gasteiger partial charge in [0.2, 0.25) is 0 Å². The van der Waals surface area contributed by atoms with Crippen molar-refractivity contribution in [3.8, 4) is 11.5 Å². The highest BCUT2D eigenvalue weighted by Crippen LogP contribution is 2.28. The monoisotopic (exact) mass is 498 g/mol. The van der Waals surface area contributed by atoms with Gasteiger partial charge in [-0.25, -0.2) is 12.8 Å². The molecule has 0 bridgehead atoms. The molecule has 0 aliphatic rings. The van der Waals surface area contributed by atoms with Crippen LogP contribution in [0.15, 0.2) is 65.6 Å². The zero-order chi connectivity index (χ0) is 23.3. The summed E-state index contributed by atoms with van der Waals surface area (Å²) in [6.07, 6.45) is 0. The van der Waals surface area contributed by atoms with E-state index in [1.54, 1.807) is 6.07 Å². The summed E-state index contributed by atoms with van der Waals surface area (Å²) in [6, 6.07) is 13.8. The molecule has 7 nitrogen and oxygen atoms in total. The van der Waals surface area contributed by atoms with E-state index >= 15 is 0 Å². The van der Waals surface area contributed by atoms with Crippen molar-refractivity contribution < 1.29 is 27.1 Å². The minimum Gasteiger partial charge on any atom is -0.495 e. The van der Waals surface area contributed by atoms with Crippen molar-refractivity contribution in [1.82, 2.24) is 0 Å². The van der Waals surface area contributed by atoms with E-state index in [4.69, 9.17) is 32.7 Å². The van der Waals surface area contributed by atoms with Gasteiger partial charge in [0, 0.05) is 5.69 Å².